The van der Waals surface area contributed by atoms with E-state index in [1.807, 2.05) is 6.07 Å². The van der Waals surface area contributed by atoms with Crippen LogP contribution in [0.2, 0.25) is 0 Å². The number of nitrogen functional groups attached to an aromatic ring is 1. The Morgan fingerprint density at radius 1 is 1.39 bits per heavy atom. The molecular weight excluding hydrogens is 228 g/mol. The van der Waals surface area contributed by atoms with Gasteiger partial charge in [-0.05, 0) is 37.9 Å². The number of ether oxygens (including phenoxy) is 1. The second kappa shape index (κ2) is 4.65. The maximum absolute atomic E-state index is 5.97. The lowest BCUT2D eigenvalue weighted by Crippen LogP contribution is -2.53. The molecule has 0 aromatic carbocycles. The Morgan fingerprint density at radius 3 is 2.78 bits per heavy atom. The van der Waals surface area contributed by atoms with Crippen molar-refractivity contribution in [1.82, 2.24) is 9.88 Å². The first-order valence-electron chi connectivity index (χ1n) is 6.55. The van der Waals surface area contributed by atoms with Crippen LogP contribution < -0.4 is 15.8 Å². The second-order valence-corrected chi connectivity index (χ2v) is 5.18. The van der Waals surface area contributed by atoms with Crippen LogP contribution in [0.4, 0.5) is 11.5 Å². The molecule has 3 aliphatic heterocycles. The third-order valence-corrected chi connectivity index (χ3v) is 4.09. The van der Waals surface area contributed by atoms with Gasteiger partial charge in [0, 0.05) is 18.7 Å². The number of rotatable bonds is 3. The highest BCUT2D eigenvalue weighted by Gasteiger charge is 2.34. The zero-order valence-corrected chi connectivity index (χ0v) is 10.7. The van der Waals surface area contributed by atoms with Crippen molar-refractivity contribution in [2.75, 3.05) is 37.8 Å². The van der Waals surface area contributed by atoms with E-state index in [0.717, 1.165) is 18.3 Å². The largest absolute Gasteiger partial charge is 0.481 e. The molecule has 3 aliphatic rings. The Bertz CT molecular complexity index is 429. The molecule has 0 aliphatic carbocycles. The predicted molar refractivity (Wildman–Crippen MR) is 71.8 cm³/mol. The summed E-state index contributed by atoms with van der Waals surface area (Å²) in [6.07, 6.45) is 2.56. The Morgan fingerprint density at radius 2 is 2.17 bits per heavy atom. The number of fused-ring (bicyclic) bond motifs is 3. The minimum Gasteiger partial charge on any atom is -0.481 e. The molecule has 5 heteroatoms. The Hall–Kier alpha value is -1.49. The average Bonchev–Trinajstić information content (AvgIpc) is 2.43. The van der Waals surface area contributed by atoms with Gasteiger partial charge in [0.2, 0.25) is 5.88 Å². The van der Waals surface area contributed by atoms with Crippen molar-refractivity contribution in [1.29, 1.82) is 0 Å². The number of piperidine rings is 3. The standard InChI is InChI=1S/C13H20N4O/c1-18-12-3-2-10(14)13(16-12)15-11-8-17-6-4-9(11)5-7-17/h2-3,9,11H,4-8,14H2,1H3,(H,15,16). The van der Waals surface area contributed by atoms with Crippen molar-refractivity contribution in [3.8, 4) is 5.88 Å². The highest BCUT2D eigenvalue weighted by atomic mass is 16.5. The molecule has 98 valence electrons. The molecule has 1 unspecified atom stereocenters. The van der Waals surface area contributed by atoms with E-state index in [4.69, 9.17) is 10.5 Å². The summed E-state index contributed by atoms with van der Waals surface area (Å²) < 4.78 is 5.14. The molecule has 0 spiro atoms. The van der Waals surface area contributed by atoms with Crippen LogP contribution >= 0.6 is 0 Å². The van der Waals surface area contributed by atoms with Gasteiger partial charge in [0.25, 0.3) is 0 Å². The van der Waals surface area contributed by atoms with Crippen molar-refractivity contribution < 1.29 is 4.74 Å². The summed E-state index contributed by atoms with van der Waals surface area (Å²) in [6, 6.07) is 4.10. The fraction of sp³-hybridized carbons (Fsp3) is 0.615. The highest BCUT2D eigenvalue weighted by molar-refractivity contribution is 5.62. The first kappa shape index (κ1) is 11.6. The fourth-order valence-corrected chi connectivity index (χ4v) is 2.99. The molecule has 0 amide bonds. The maximum Gasteiger partial charge on any atom is 0.215 e. The van der Waals surface area contributed by atoms with E-state index in [-0.39, 0.29) is 0 Å². The van der Waals surface area contributed by atoms with Gasteiger partial charge in [-0.15, -0.1) is 0 Å². The Balaban J connectivity index is 1.76. The molecule has 3 saturated heterocycles. The van der Waals surface area contributed by atoms with E-state index in [1.165, 1.54) is 25.9 Å². The van der Waals surface area contributed by atoms with Gasteiger partial charge >= 0.3 is 0 Å². The maximum atomic E-state index is 5.97. The predicted octanol–water partition coefficient (Wildman–Crippen LogP) is 1.18. The molecule has 1 atom stereocenters. The van der Waals surface area contributed by atoms with Gasteiger partial charge in [-0.1, -0.05) is 0 Å². The highest BCUT2D eigenvalue weighted by Crippen LogP contribution is 2.31. The number of hydrogen-bond acceptors (Lipinski definition) is 5. The topological polar surface area (TPSA) is 63.4 Å². The number of nitrogens with one attached hydrogen (secondary N) is 1. The zero-order chi connectivity index (χ0) is 12.5. The van der Waals surface area contributed by atoms with Crippen molar-refractivity contribution in [3.63, 3.8) is 0 Å². The van der Waals surface area contributed by atoms with Crippen LogP contribution in [0.15, 0.2) is 12.1 Å². The molecule has 1 aromatic rings. The van der Waals surface area contributed by atoms with Crippen molar-refractivity contribution in [2.24, 2.45) is 5.92 Å². The van der Waals surface area contributed by atoms with Gasteiger partial charge in [-0.2, -0.15) is 4.98 Å². The number of aromatic nitrogens is 1. The lowest BCUT2D eigenvalue weighted by molar-refractivity contribution is 0.0974. The van der Waals surface area contributed by atoms with E-state index in [1.54, 1.807) is 13.2 Å². The lowest BCUT2D eigenvalue weighted by Gasteiger charge is -2.45. The zero-order valence-electron chi connectivity index (χ0n) is 10.7. The summed E-state index contributed by atoms with van der Waals surface area (Å²) in [4.78, 5) is 6.90. The Kier molecular flexibility index (Phi) is 2.99. The molecule has 1 aromatic heterocycles. The smallest absolute Gasteiger partial charge is 0.215 e. The molecule has 3 N–H and O–H groups in total. The van der Waals surface area contributed by atoms with Crippen LogP contribution in [0.25, 0.3) is 0 Å². The van der Waals surface area contributed by atoms with Gasteiger partial charge < -0.3 is 20.7 Å². The molecular formula is C13H20N4O. The molecule has 2 bridgehead atoms. The van der Waals surface area contributed by atoms with Crippen LogP contribution in [0, 0.1) is 5.92 Å². The molecule has 3 fully saturated rings. The van der Waals surface area contributed by atoms with Gasteiger partial charge in [-0.3, -0.25) is 0 Å². The molecule has 18 heavy (non-hydrogen) atoms. The first-order valence-corrected chi connectivity index (χ1v) is 6.55. The molecule has 0 saturated carbocycles. The van der Waals surface area contributed by atoms with Crippen molar-refractivity contribution in [2.45, 2.75) is 18.9 Å². The van der Waals surface area contributed by atoms with Crippen LogP contribution in [0.1, 0.15) is 12.8 Å². The number of anilines is 2. The summed E-state index contributed by atoms with van der Waals surface area (Å²) in [5.41, 5.74) is 6.65. The number of nitrogens with zero attached hydrogens (tertiary/aromatic N) is 2. The van der Waals surface area contributed by atoms with Crippen LogP contribution in [0.3, 0.4) is 0 Å². The molecule has 5 nitrogen and oxygen atoms in total. The van der Waals surface area contributed by atoms with Crippen molar-refractivity contribution >= 4 is 11.5 Å². The average molecular weight is 248 g/mol. The summed E-state index contributed by atoms with van der Waals surface area (Å²) in [7, 11) is 1.62. The number of methoxy groups -OCH3 is 1. The SMILES string of the molecule is COc1ccc(N)c(NC2CN3CCC2CC3)n1. The third-order valence-electron chi connectivity index (χ3n) is 4.09. The summed E-state index contributed by atoms with van der Waals surface area (Å²) in [5, 5.41) is 3.50. The monoisotopic (exact) mass is 248 g/mol. The minimum atomic E-state index is 0.467. The number of hydrogen-bond donors (Lipinski definition) is 2. The van der Waals surface area contributed by atoms with E-state index < -0.39 is 0 Å². The first-order chi connectivity index (χ1) is 8.76. The van der Waals surface area contributed by atoms with Crippen LogP contribution in [0.5, 0.6) is 5.88 Å². The van der Waals surface area contributed by atoms with Crippen molar-refractivity contribution in [3.05, 3.63) is 12.1 Å². The van der Waals surface area contributed by atoms with E-state index >= 15 is 0 Å². The van der Waals surface area contributed by atoms with Gasteiger partial charge in [-0.25, -0.2) is 0 Å². The normalized spacial score (nSPS) is 30.2. The van der Waals surface area contributed by atoms with Gasteiger partial charge in [0.1, 0.15) is 0 Å². The van der Waals surface area contributed by atoms with E-state index in [9.17, 15) is 0 Å². The second-order valence-electron chi connectivity index (χ2n) is 5.18. The fourth-order valence-electron chi connectivity index (χ4n) is 2.99. The third kappa shape index (κ3) is 2.10. The van der Waals surface area contributed by atoms with E-state index in [2.05, 4.69) is 15.2 Å². The van der Waals surface area contributed by atoms with E-state index in [0.29, 0.717) is 17.6 Å². The molecule has 0 radical (unpaired) electrons. The van der Waals surface area contributed by atoms with Gasteiger partial charge in [0.05, 0.1) is 12.8 Å². The summed E-state index contributed by atoms with van der Waals surface area (Å²) in [6.45, 7) is 3.58. The minimum absolute atomic E-state index is 0.467. The molecule has 4 heterocycles. The number of nitrogens with two attached hydrogens (primary N) is 1. The van der Waals surface area contributed by atoms with Crippen LogP contribution in [-0.4, -0.2) is 42.7 Å². The lowest BCUT2D eigenvalue weighted by atomic mass is 9.84. The number of pyridine rings is 1. The summed E-state index contributed by atoms with van der Waals surface area (Å²) in [5.74, 6) is 2.11. The Labute approximate surface area is 107 Å². The quantitative estimate of drug-likeness (QED) is 0.841. The van der Waals surface area contributed by atoms with Crippen LogP contribution in [-0.2, 0) is 0 Å². The summed E-state index contributed by atoms with van der Waals surface area (Å²) >= 11 is 0. The molecule has 4 rings (SSSR count). The van der Waals surface area contributed by atoms with Gasteiger partial charge in [0.15, 0.2) is 5.82 Å².